The van der Waals surface area contributed by atoms with Gasteiger partial charge in [0.15, 0.2) is 14.6 Å². The highest BCUT2D eigenvalue weighted by Crippen LogP contribution is 2.37. The molecule has 6 nitrogen and oxygen atoms in total. The molecule has 1 fully saturated rings. The number of aliphatic hydroxyl groups excluding tert-OH is 2. The van der Waals surface area contributed by atoms with Gasteiger partial charge in [-0.15, -0.1) is 6.42 Å². The topological polar surface area (TPSA) is 77.4 Å². The molecule has 0 aromatic heterocycles. The highest BCUT2D eigenvalue weighted by atomic mass is 28.4. The summed E-state index contributed by atoms with van der Waals surface area (Å²) in [4.78, 5) is 0. The van der Waals surface area contributed by atoms with E-state index in [1.165, 1.54) is 7.11 Å². The van der Waals surface area contributed by atoms with Crippen LogP contribution in [0.15, 0.2) is 30.3 Å². The second kappa shape index (κ2) is 9.71. The van der Waals surface area contributed by atoms with Gasteiger partial charge in [0, 0.05) is 7.11 Å². The summed E-state index contributed by atoms with van der Waals surface area (Å²) < 4.78 is 23.4. The fourth-order valence-corrected chi connectivity index (χ4v) is 3.90. The minimum absolute atomic E-state index is 0.0211. The van der Waals surface area contributed by atoms with Crippen LogP contribution in [0.1, 0.15) is 32.4 Å². The van der Waals surface area contributed by atoms with Crippen molar-refractivity contribution in [1.29, 1.82) is 0 Å². The standard InChI is InChI=1S/C22H34O6Si/c1-8-16(15-12-10-9-11-13-15)27-20-19(24)18(23)17(28-21(20)25-5)14-26-29(6,7)22(2,3)4/h1,9-13,16-21,23-24H,14H2,2-7H3/t16?,17-,18-,19+,20+,21+/m1/s1. The summed E-state index contributed by atoms with van der Waals surface area (Å²) in [6.45, 7) is 10.8. The number of hydrogen-bond donors (Lipinski definition) is 2. The van der Waals surface area contributed by atoms with Crippen LogP contribution in [0.3, 0.4) is 0 Å². The summed E-state index contributed by atoms with van der Waals surface area (Å²) in [5, 5.41) is 21.4. The number of ether oxygens (including phenoxy) is 3. The van der Waals surface area contributed by atoms with Crippen molar-refractivity contribution >= 4 is 8.32 Å². The molecular weight excluding hydrogens is 388 g/mol. The molecular formula is C22H34O6Si. The highest BCUT2D eigenvalue weighted by molar-refractivity contribution is 6.74. The van der Waals surface area contributed by atoms with Crippen LogP contribution in [0.5, 0.6) is 0 Å². The Morgan fingerprint density at radius 3 is 2.31 bits per heavy atom. The number of rotatable bonds is 7. The van der Waals surface area contributed by atoms with Crippen molar-refractivity contribution in [2.75, 3.05) is 13.7 Å². The van der Waals surface area contributed by atoms with Gasteiger partial charge in [0.1, 0.15) is 30.5 Å². The van der Waals surface area contributed by atoms with E-state index in [4.69, 9.17) is 25.1 Å². The minimum Gasteiger partial charge on any atom is -0.414 e. The number of benzene rings is 1. The zero-order valence-corrected chi connectivity index (χ0v) is 19.2. The summed E-state index contributed by atoms with van der Waals surface area (Å²) >= 11 is 0. The van der Waals surface area contributed by atoms with E-state index in [1.807, 2.05) is 30.3 Å². The Hall–Kier alpha value is -1.24. The summed E-state index contributed by atoms with van der Waals surface area (Å²) in [6, 6.07) is 9.27. The molecule has 1 saturated heterocycles. The molecule has 0 spiro atoms. The van der Waals surface area contributed by atoms with E-state index < -0.39 is 45.1 Å². The van der Waals surface area contributed by atoms with Crippen LogP contribution in [-0.4, -0.2) is 63.0 Å². The second-order valence-electron chi connectivity index (χ2n) is 8.89. The van der Waals surface area contributed by atoms with E-state index in [-0.39, 0.29) is 11.6 Å². The van der Waals surface area contributed by atoms with Crippen LogP contribution in [-0.2, 0) is 18.6 Å². The molecule has 1 unspecified atom stereocenters. The van der Waals surface area contributed by atoms with Gasteiger partial charge in [0.2, 0.25) is 0 Å². The van der Waals surface area contributed by atoms with Gasteiger partial charge in [-0.3, -0.25) is 0 Å². The van der Waals surface area contributed by atoms with Gasteiger partial charge in [0.25, 0.3) is 0 Å². The van der Waals surface area contributed by atoms with E-state index in [2.05, 4.69) is 39.8 Å². The molecule has 2 N–H and O–H groups in total. The molecule has 0 amide bonds. The maximum Gasteiger partial charge on any atom is 0.192 e. The number of methoxy groups -OCH3 is 1. The average Bonchev–Trinajstić information content (AvgIpc) is 2.68. The maximum atomic E-state index is 10.7. The fourth-order valence-electron chi connectivity index (χ4n) is 2.88. The van der Waals surface area contributed by atoms with Crippen molar-refractivity contribution in [3.05, 3.63) is 35.9 Å². The molecule has 1 aliphatic rings. The van der Waals surface area contributed by atoms with Crippen LogP contribution in [0.4, 0.5) is 0 Å². The Morgan fingerprint density at radius 2 is 1.79 bits per heavy atom. The third kappa shape index (κ3) is 5.67. The molecule has 2 rings (SSSR count). The van der Waals surface area contributed by atoms with E-state index in [1.54, 1.807) is 0 Å². The lowest BCUT2D eigenvalue weighted by atomic mass is 9.98. The third-order valence-corrected chi connectivity index (χ3v) is 10.3. The molecule has 162 valence electrons. The van der Waals surface area contributed by atoms with Gasteiger partial charge < -0.3 is 28.8 Å². The van der Waals surface area contributed by atoms with Gasteiger partial charge in [-0.25, -0.2) is 0 Å². The van der Waals surface area contributed by atoms with Crippen LogP contribution in [0.2, 0.25) is 18.1 Å². The Balaban J connectivity index is 2.10. The maximum absolute atomic E-state index is 10.7. The SMILES string of the molecule is C#CC(O[C@@H]1[C@@H](OC)O[C@H](CO[Si](C)(C)C(C)(C)C)[C@@H](O)[C@@H]1O)c1ccccc1. The van der Waals surface area contributed by atoms with E-state index >= 15 is 0 Å². The number of hydrogen-bond acceptors (Lipinski definition) is 6. The monoisotopic (exact) mass is 422 g/mol. The lowest BCUT2D eigenvalue weighted by molar-refractivity contribution is -0.307. The van der Waals surface area contributed by atoms with Gasteiger partial charge >= 0.3 is 0 Å². The first-order valence-corrected chi connectivity index (χ1v) is 12.8. The van der Waals surface area contributed by atoms with Crippen LogP contribution in [0, 0.1) is 12.3 Å². The molecule has 1 aromatic rings. The highest BCUT2D eigenvalue weighted by Gasteiger charge is 2.47. The van der Waals surface area contributed by atoms with E-state index in [0.717, 1.165) is 5.56 Å². The van der Waals surface area contributed by atoms with E-state index in [9.17, 15) is 10.2 Å². The van der Waals surface area contributed by atoms with Crippen molar-refractivity contribution < 1.29 is 28.8 Å². The molecule has 0 saturated carbocycles. The van der Waals surface area contributed by atoms with Crippen molar-refractivity contribution in [3.8, 4) is 12.3 Å². The Bertz CT molecular complexity index is 679. The van der Waals surface area contributed by atoms with E-state index in [0.29, 0.717) is 0 Å². The molecule has 0 bridgehead atoms. The van der Waals surface area contributed by atoms with Gasteiger partial charge in [-0.1, -0.05) is 57.0 Å². The van der Waals surface area contributed by atoms with Crippen molar-refractivity contribution in [3.63, 3.8) is 0 Å². The molecule has 29 heavy (non-hydrogen) atoms. The number of aliphatic hydroxyl groups is 2. The van der Waals surface area contributed by atoms with Crippen LogP contribution >= 0.6 is 0 Å². The zero-order chi connectivity index (χ0) is 21.8. The predicted molar refractivity (Wildman–Crippen MR) is 114 cm³/mol. The summed E-state index contributed by atoms with van der Waals surface area (Å²) in [5.74, 6) is 2.57. The van der Waals surface area contributed by atoms with Gasteiger partial charge in [-0.05, 0) is 23.7 Å². The summed E-state index contributed by atoms with van der Waals surface area (Å²) in [6.07, 6.45) is -0.0560. The Morgan fingerprint density at radius 1 is 1.17 bits per heavy atom. The normalized spacial score (nSPS) is 29.3. The first kappa shape index (κ1) is 24.0. The lowest BCUT2D eigenvalue weighted by Crippen LogP contribution is -2.61. The largest absolute Gasteiger partial charge is 0.414 e. The van der Waals surface area contributed by atoms with Crippen LogP contribution in [0.25, 0.3) is 0 Å². The van der Waals surface area contributed by atoms with Crippen LogP contribution < -0.4 is 0 Å². The first-order chi connectivity index (χ1) is 13.5. The minimum atomic E-state index is -2.04. The molecule has 7 heteroatoms. The zero-order valence-electron chi connectivity index (χ0n) is 18.2. The quantitative estimate of drug-likeness (QED) is 0.520. The lowest BCUT2D eigenvalue weighted by Gasteiger charge is -2.44. The second-order valence-corrected chi connectivity index (χ2v) is 13.7. The Labute approximate surface area is 175 Å². The van der Waals surface area contributed by atoms with Gasteiger partial charge in [-0.2, -0.15) is 0 Å². The first-order valence-electron chi connectivity index (χ1n) is 9.86. The van der Waals surface area contributed by atoms with Crippen molar-refractivity contribution in [1.82, 2.24) is 0 Å². The number of terminal acetylenes is 1. The average molecular weight is 423 g/mol. The predicted octanol–water partition coefficient (Wildman–Crippen LogP) is 2.86. The molecule has 1 aliphatic heterocycles. The molecule has 0 radical (unpaired) electrons. The molecule has 0 aliphatic carbocycles. The summed E-state index contributed by atoms with van der Waals surface area (Å²) in [7, 11) is -0.574. The fraction of sp³-hybridized carbons (Fsp3) is 0.636. The third-order valence-electron chi connectivity index (χ3n) is 5.84. The molecule has 1 aromatic carbocycles. The molecule has 1 heterocycles. The Kier molecular flexibility index (Phi) is 8.05. The molecule has 6 atom stereocenters. The smallest absolute Gasteiger partial charge is 0.192 e. The van der Waals surface area contributed by atoms with Gasteiger partial charge in [0.05, 0.1) is 6.61 Å². The summed E-state index contributed by atoms with van der Waals surface area (Å²) in [5.41, 5.74) is 0.773. The van der Waals surface area contributed by atoms with Crippen molar-refractivity contribution in [2.24, 2.45) is 0 Å². The van der Waals surface area contributed by atoms with Crippen molar-refractivity contribution in [2.45, 2.75) is 75.7 Å².